The fourth-order valence-electron chi connectivity index (χ4n) is 2.33. The van der Waals surface area contributed by atoms with Crippen LogP contribution in [-0.4, -0.2) is 32.5 Å². The van der Waals surface area contributed by atoms with E-state index in [9.17, 15) is 13.2 Å². The lowest BCUT2D eigenvalue weighted by Gasteiger charge is -2.21. The molecule has 1 saturated heterocycles. The van der Waals surface area contributed by atoms with Crippen molar-refractivity contribution in [1.29, 1.82) is 0 Å². The predicted octanol–water partition coefficient (Wildman–Crippen LogP) is 3.16. The van der Waals surface area contributed by atoms with Crippen molar-refractivity contribution in [2.24, 2.45) is 0 Å². The van der Waals surface area contributed by atoms with E-state index in [-0.39, 0.29) is 12.1 Å². The third kappa shape index (κ3) is 4.69. The molecule has 0 amide bonds. The average molecular weight is 303 g/mol. The third-order valence-electron chi connectivity index (χ3n) is 3.45. The Labute approximate surface area is 122 Å². The van der Waals surface area contributed by atoms with Gasteiger partial charge in [0, 0.05) is 6.61 Å². The predicted molar refractivity (Wildman–Crippen MR) is 73.0 cm³/mol. The van der Waals surface area contributed by atoms with Crippen molar-refractivity contribution in [2.75, 3.05) is 26.4 Å². The molecule has 1 heterocycles. The van der Waals surface area contributed by atoms with Crippen LogP contribution in [0.5, 0.6) is 0 Å². The molecular formula is C15H20F3NO2. The number of ether oxygens (including phenoxy) is 2. The molecule has 2 unspecified atom stereocenters. The molecule has 0 bridgehead atoms. The molecule has 1 aromatic rings. The molecule has 2 rings (SSSR count). The monoisotopic (exact) mass is 303 g/mol. The van der Waals surface area contributed by atoms with Crippen molar-refractivity contribution in [3.8, 4) is 0 Å². The van der Waals surface area contributed by atoms with E-state index in [1.54, 1.807) is 6.07 Å². The van der Waals surface area contributed by atoms with E-state index in [0.29, 0.717) is 31.9 Å². The highest BCUT2D eigenvalue weighted by Crippen LogP contribution is 2.31. The number of benzene rings is 1. The minimum Gasteiger partial charge on any atom is -0.379 e. The van der Waals surface area contributed by atoms with Crippen molar-refractivity contribution >= 4 is 0 Å². The van der Waals surface area contributed by atoms with Gasteiger partial charge in [-0.3, -0.25) is 0 Å². The topological polar surface area (TPSA) is 30.5 Å². The molecule has 1 aliphatic rings. The zero-order chi connectivity index (χ0) is 15.3. The first-order valence-corrected chi connectivity index (χ1v) is 7.10. The molecule has 1 aromatic carbocycles. The van der Waals surface area contributed by atoms with Gasteiger partial charge in [-0.05, 0) is 30.7 Å². The van der Waals surface area contributed by atoms with Crippen molar-refractivity contribution < 1.29 is 22.6 Å². The van der Waals surface area contributed by atoms with Crippen LogP contribution >= 0.6 is 0 Å². The molecule has 1 fully saturated rings. The Bertz CT molecular complexity index is 445. The van der Waals surface area contributed by atoms with Gasteiger partial charge in [0.05, 0.1) is 30.9 Å². The number of rotatable bonds is 6. The van der Waals surface area contributed by atoms with Gasteiger partial charge in [0.1, 0.15) is 0 Å². The van der Waals surface area contributed by atoms with Crippen molar-refractivity contribution in [1.82, 2.24) is 5.32 Å². The molecule has 6 heteroatoms. The van der Waals surface area contributed by atoms with Gasteiger partial charge in [-0.1, -0.05) is 19.1 Å². The molecule has 1 N–H and O–H groups in total. The second kappa shape index (κ2) is 7.24. The van der Waals surface area contributed by atoms with Crippen molar-refractivity contribution in [2.45, 2.75) is 31.7 Å². The molecule has 2 atom stereocenters. The summed E-state index contributed by atoms with van der Waals surface area (Å²) in [6, 6.07) is 5.14. The van der Waals surface area contributed by atoms with E-state index in [4.69, 9.17) is 9.47 Å². The van der Waals surface area contributed by atoms with Gasteiger partial charge in [-0.2, -0.15) is 13.2 Å². The van der Waals surface area contributed by atoms with Gasteiger partial charge < -0.3 is 14.8 Å². The number of likely N-dealkylation sites (N-methyl/N-ethyl adjacent to an activating group) is 1. The van der Waals surface area contributed by atoms with Gasteiger partial charge in [0.25, 0.3) is 0 Å². The fourth-order valence-corrected chi connectivity index (χ4v) is 2.33. The summed E-state index contributed by atoms with van der Waals surface area (Å²) in [5.41, 5.74) is -0.0438. The highest BCUT2D eigenvalue weighted by molar-refractivity contribution is 5.28. The van der Waals surface area contributed by atoms with Crippen molar-refractivity contribution in [3.05, 3.63) is 35.4 Å². The smallest absolute Gasteiger partial charge is 0.379 e. The summed E-state index contributed by atoms with van der Waals surface area (Å²) < 4.78 is 49.3. The lowest BCUT2D eigenvalue weighted by molar-refractivity contribution is -0.137. The van der Waals surface area contributed by atoms with Gasteiger partial charge in [-0.25, -0.2) is 0 Å². The minimum absolute atomic E-state index is 0.0388. The summed E-state index contributed by atoms with van der Waals surface area (Å²) in [7, 11) is 0. The molecule has 21 heavy (non-hydrogen) atoms. The first kappa shape index (κ1) is 16.3. The second-order valence-electron chi connectivity index (χ2n) is 5.05. The summed E-state index contributed by atoms with van der Waals surface area (Å²) in [6.07, 6.45) is -3.45. The average Bonchev–Trinajstić information content (AvgIpc) is 2.96. The quantitative estimate of drug-likeness (QED) is 0.875. The molecule has 0 spiro atoms. The molecule has 0 aromatic heterocycles. The van der Waals surface area contributed by atoms with Crippen LogP contribution in [0.25, 0.3) is 0 Å². The van der Waals surface area contributed by atoms with Gasteiger partial charge in [-0.15, -0.1) is 0 Å². The zero-order valence-corrected chi connectivity index (χ0v) is 12.0. The first-order chi connectivity index (χ1) is 10.0. The van der Waals surface area contributed by atoms with E-state index in [1.807, 2.05) is 6.92 Å². The van der Waals surface area contributed by atoms with Gasteiger partial charge in [0.15, 0.2) is 0 Å². The van der Waals surface area contributed by atoms with Crippen LogP contribution < -0.4 is 5.32 Å². The Morgan fingerprint density at radius 2 is 2.24 bits per heavy atom. The summed E-state index contributed by atoms with van der Waals surface area (Å²) >= 11 is 0. The Hall–Kier alpha value is -1.11. The number of hydrogen-bond donors (Lipinski definition) is 1. The number of hydrogen-bond acceptors (Lipinski definition) is 3. The summed E-state index contributed by atoms with van der Waals surface area (Å²) in [5, 5.41) is 3.17. The summed E-state index contributed by atoms with van der Waals surface area (Å²) in [4.78, 5) is 0. The highest BCUT2D eigenvalue weighted by Gasteiger charge is 2.31. The second-order valence-corrected chi connectivity index (χ2v) is 5.05. The molecule has 1 aliphatic heterocycles. The number of nitrogens with one attached hydrogen (secondary N) is 1. The lowest BCUT2D eigenvalue weighted by atomic mass is 10.0. The Morgan fingerprint density at radius 3 is 2.86 bits per heavy atom. The molecule has 3 nitrogen and oxygen atoms in total. The molecule has 118 valence electrons. The van der Waals surface area contributed by atoms with Crippen LogP contribution in [0.3, 0.4) is 0 Å². The third-order valence-corrected chi connectivity index (χ3v) is 3.45. The highest BCUT2D eigenvalue weighted by atomic mass is 19.4. The van der Waals surface area contributed by atoms with Crippen LogP contribution in [0, 0.1) is 0 Å². The Balaban J connectivity index is 2.05. The first-order valence-electron chi connectivity index (χ1n) is 7.10. The van der Waals surface area contributed by atoms with Crippen LogP contribution in [-0.2, 0) is 15.7 Å². The standard InChI is InChI=1S/C15H20F3NO2/c1-2-19-14(10-21-13-6-7-20-9-13)11-4-3-5-12(8-11)15(16,17)18/h3-5,8,13-14,19H,2,6-7,9-10H2,1H3. The van der Waals surface area contributed by atoms with E-state index in [1.165, 1.54) is 12.1 Å². The van der Waals surface area contributed by atoms with E-state index in [0.717, 1.165) is 12.5 Å². The molecular weight excluding hydrogens is 283 g/mol. The van der Waals surface area contributed by atoms with E-state index >= 15 is 0 Å². The van der Waals surface area contributed by atoms with Gasteiger partial charge >= 0.3 is 6.18 Å². The SMILES string of the molecule is CCNC(COC1CCOC1)c1cccc(C(F)(F)F)c1. The van der Waals surface area contributed by atoms with E-state index < -0.39 is 11.7 Å². The Kier molecular flexibility index (Phi) is 5.61. The van der Waals surface area contributed by atoms with Crippen LogP contribution in [0.15, 0.2) is 24.3 Å². The van der Waals surface area contributed by atoms with Crippen molar-refractivity contribution in [3.63, 3.8) is 0 Å². The fraction of sp³-hybridized carbons (Fsp3) is 0.600. The molecule has 0 aliphatic carbocycles. The maximum atomic E-state index is 12.8. The van der Waals surface area contributed by atoms with Crippen LogP contribution in [0.2, 0.25) is 0 Å². The summed E-state index contributed by atoms with van der Waals surface area (Å²) in [6.45, 7) is 4.15. The lowest BCUT2D eigenvalue weighted by Crippen LogP contribution is -2.28. The molecule has 0 radical (unpaired) electrons. The molecule has 0 saturated carbocycles. The Morgan fingerprint density at radius 1 is 1.43 bits per heavy atom. The van der Waals surface area contributed by atoms with Gasteiger partial charge in [0.2, 0.25) is 0 Å². The zero-order valence-electron chi connectivity index (χ0n) is 12.0. The maximum absolute atomic E-state index is 12.8. The number of alkyl halides is 3. The maximum Gasteiger partial charge on any atom is 0.416 e. The normalized spacial score (nSPS) is 20.7. The minimum atomic E-state index is -4.33. The van der Waals surface area contributed by atoms with Crippen LogP contribution in [0.1, 0.15) is 30.5 Å². The van der Waals surface area contributed by atoms with Crippen LogP contribution in [0.4, 0.5) is 13.2 Å². The van der Waals surface area contributed by atoms with E-state index in [2.05, 4.69) is 5.32 Å². The summed E-state index contributed by atoms with van der Waals surface area (Å²) in [5.74, 6) is 0. The largest absolute Gasteiger partial charge is 0.416 e. The number of halogens is 3.